The number of thiophene rings is 1. The maximum Gasteiger partial charge on any atom is 0.407 e. The van der Waals surface area contributed by atoms with Crippen molar-refractivity contribution < 1.29 is 14.6 Å². The van der Waals surface area contributed by atoms with E-state index in [9.17, 15) is 9.90 Å². The van der Waals surface area contributed by atoms with Gasteiger partial charge in [0, 0.05) is 13.1 Å². The van der Waals surface area contributed by atoms with Gasteiger partial charge in [-0.3, -0.25) is 0 Å². The second-order valence-electron chi connectivity index (χ2n) is 6.67. The minimum atomic E-state index is -1.01. The van der Waals surface area contributed by atoms with Gasteiger partial charge in [0.2, 0.25) is 0 Å². The smallest absolute Gasteiger partial charge is 0.407 e. The zero-order valence-corrected chi connectivity index (χ0v) is 16.6. The molecule has 2 unspecified atom stereocenters. The molecule has 4 N–H and O–H groups in total. The van der Waals surface area contributed by atoms with Crippen LogP contribution in [0, 0.1) is 5.92 Å². The average Bonchev–Trinajstić information content (AvgIpc) is 3.28. The molecular formula is C18H30N4O3S. The number of nitrogens with zero attached hydrogens (tertiary/aromatic N) is 1. The van der Waals surface area contributed by atoms with E-state index in [-0.39, 0.29) is 18.7 Å². The maximum atomic E-state index is 11.7. The Balaban J connectivity index is 1.92. The highest BCUT2D eigenvalue weighted by atomic mass is 32.1. The number of amides is 1. The third-order valence-corrected chi connectivity index (χ3v) is 4.97. The van der Waals surface area contributed by atoms with Crippen LogP contribution in [0.1, 0.15) is 39.2 Å². The van der Waals surface area contributed by atoms with E-state index in [0.717, 1.165) is 18.4 Å². The highest BCUT2D eigenvalue weighted by molar-refractivity contribution is 7.08. The molecule has 0 saturated heterocycles. The summed E-state index contributed by atoms with van der Waals surface area (Å²) in [6, 6.07) is 1.92. The lowest BCUT2D eigenvalue weighted by atomic mass is 10.00. The van der Waals surface area contributed by atoms with Crippen LogP contribution in [-0.4, -0.2) is 49.4 Å². The molecule has 1 aromatic heterocycles. The predicted molar refractivity (Wildman–Crippen MR) is 105 cm³/mol. The average molecular weight is 383 g/mol. The summed E-state index contributed by atoms with van der Waals surface area (Å²) in [7, 11) is 0. The van der Waals surface area contributed by atoms with Gasteiger partial charge in [0.05, 0.1) is 19.2 Å². The van der Waals surface area contributed by atoms with Crippen LogP contribution in [0.5, 0.6) is 0 Å². The van der Waals surface area contributed by atoms with Crippen molar-refractivity contribution in [1.29, 1.82) is 0 Å². The van der Waals surface area contributed by atoms with Crippen LogP contribution in [0.3, 0.4) is 0 Å². The molecule has 2 rings (SSSR count). The summed E-state index contributed by atoms with van der Waals surface area (Å²) < 4.78 is 4.98. The zero-order valence-electron chi connectivity index (χ0n) is 15.7. The van der Waals surface area contributed by atoms with Crippen molar-refractivity contribution in [2.75, 3.05) is 26.2 Å². The third kappa shape index (κ3) is 6.49. The molecule has 1 aliphatic carbocycles. The number of hydrogen-bond acceptors (Lipinski definition) is 5. The van der Waals surface area contributed by atoms with Gasteiger partial charge in [-0.25, -0.2) is 9.79 Å². The molecule has 0 radical (unpaired) electrons. The van der Waals surface area contributed by atoms with Crippen molar-refractivity contribution in [2.24, 2.45) is 10.9 Å². The van der Waals surface area contributed by atoms with Gasteiger partial charge in [-0.15, -0.1) is 0 Å². The molecule has 0 spiro atoms. The Bertz CT molecular complexity index is 585. The van der Waals surface area contributed by atoms with Crippen molar-refractivity contribution in [3.05, 3.63) is 22.4 Å². The molecule has 0 bridgehead atoms. The Labute approximate surface area is 159 Å². The first-order valence-corrected chi connectivity index (χ1v) is 10.1. The largest absolute Gasteiger partial charge is 0.450 e. The Hall–Kier alpha value is -1.80. The van der Waals surface area contributed by atoms with Crippen molar-refractivity contribution in [3.8, 4) is 0 Å². The number of aliphatic hydroxyl groups is 1. The van der Waals surface area contributed by atoms with E-state index in [1.54, 1.807) is 25.2 Å². The first-order valence-electron chi connectivity index (χ1n) is 9.16. The van der Waals surface area contributed by atoms with Crippen LogP contribution in [0.15, 0.2) is 21.8 Å². The van der Waals surface area contributed by atoms with Crippen LogP contribution in [0.25, 0.3) is 0 Å². The summed E-state index contributed by atoms with van der Waals surface area (Å²) in [4.78, 5) is 16.2. The summed E-state index contributed by atoms with van der Waals surface area (Å²) >= 11 is 1.55. The minimum absolute atomic E-state index is 0.00953. The van der Waals surface area contributed by atoms with E-state index in [4.69, 9.17) is 4.74 Å². The van der Waals surface area contributed by atoms with Crippen LogP contribution < -0.4 is 16.0 Å². The van der Waals surface area contributed by atoms with Gasteiger partial charge in [-0.1, -0.05) is 0 Å². The third-order valence-electron chi connectivity index (χ3n) is 4.29. The summed E-state index contributed by atoms with van der Waals surface area (Å²) in [6.45, 7) is 7.43. The highest BCUT2D eigenvalue weighted by Gasteiger charge is 2.32. The second-order valence-corrected chi connectivity index (χ2v) is 7.45. The number of carbonyl (C=O) groups excluding carboxylic acids is 1. The Kier molecular flexibility index (Phi) is 7.71. The van der Waals surface area contributed by atoms with E-state index >= 15 is 0 Å². The molecule has 0 aliphatic heterocycles. The number of hydrogen-bond donors (Lipinski definition) is 4. The molecule has 8 heteroatoms. The van der Waals surface area contributed by atoms with Gasteiger partial charge in [0.15, 0.2) is 5.96 Å². The van der Waals surface area contributed by atoms with Crippen LogP contribution in [0.2, 0.25) is 0 Å². The van der Waals surface area contributed by atoms with E-state index < -0.39 is 5.60 Å². The summed E-state index contributed by atoms with van der Waals surface area (Å²) in [6.07, 6.45) is 1.84. The van der Waals surface area contributed by atoms with Gasteiger partial charge in [-0.2, -0.15) is 11.3 Å². The number of guanidine groups is 1. The quantitative estimate of drug-likeness (QED) is 0.387. The molecule has 1 heterocycles. The molecule has 1 saturated carbocycles. The fourth-order valence-corrected chi connectivity index (χ4v) is 3.38. The van der Waals surface area contributed by atoms with Gasteiger partial charge < -0.3 is 25.8 Å². The van der Waals surface area contributed by atoms with Gasteiger partial charge in [0.1, 0.15) is 5.60 Å². The van der Waals surface area contributed by atoms with Crippen molar-refractivity contribution >= 4 is 23.4 Å². The fraction of sp³-hybridized carbons (Fsp3) is 0.667. The van der Waals surface area contributed by atoms with E-state index in [1.807, 2.05) is 23.8 Å². The summed E-state index contributed by atoms with van der Waals surface area (Å²) in [5.74, 6) is 1.10. The van der Waals surface area contributed by atoms with Gasteiger partial charge >= 0.3 is 6.09 Å². The number of rotatable bonds is 9. The van der Waals surface area contributed by atoms with E-state index in [2.05, 4.69) is 20.9 Å². The van der Waals surface area contributed by atoms with E-state index in [1.165, 1.54) is 0 Å². The Morgan fingerprint density at radius 3 is 2.81 bits per heavy atom. The summed E-state index contributed by atoms with van der Waals surface area (Å²) in [5.41, 5.74) is -0.150. The fourth-order valence-electron chi connectivity index (χ4n) is 2.60. The molecule has 7 nitrogen and oxygen atoms in total. The molecule has 2 atom stereocenters. The number of ether oxygens (including phenoxy) is 1. The normalized spacial score (nSPS) is 17.9. The van der Waals surface area contributed by atoms with Gasteiger partial charge in [-0.05, 0) is 61.9 Å². The zero-order chi connectivity index (χ0) is 19.0. The van der Waals surface area contributed by atoms with Gasteiger partial charge in [0.25, 0.3) is 0 Å². The van der Waals surface area contributed by atoms with E-state index in [0.29, 0.717) is 31.6 Å². The lowest BCUT2D eigenvalue weighted by molar-refractivity contribution is 0.0677. The monoisotopic (exact) mass is 382 g/mol. The summed E-state index contributed by atoms with van der Waals surface area (Å²) in [5, 5.41) is 23.9. The SMILES string of the molecule is CCNC(=NCC(C)(O)c1ccsc1)NCC(NC(=O)OCC)C1CC1. The molecule has 1 aromatic rings. The number of aliphatic imine (C=N–C) groups is 1. The predicted octanol–water partition coefficient (Wildman–Crippen LogP) is 2.04. The molecule has 0 aromatic carbocycles. The Morgan fingerprint density at radius 1 is 1.46 bits per heavy atom. The van der Waals surface area contributed by atoms with Crippen molar-refractivity contribution in [1.82, 2.24) is 16.0 Å². The standard InChI is InChI=1S/C18H30N4O3S/c1-4-19-16(21-12-18(3,24)14-8-9-26-11-14)20-10-15(13-6-7-13)22-17(23)25-5-2/h8-9,11,13,15,24H,4-7,10,12H2,1-3H3,(H,22,23)(H2,19,20,21). The molecule has 1 aliphatic rings. The number of nitrogens with one attached hydrogen (secondary N) is 3. The molecule has 1 fully saturated rings. The number of alkyl carbamates (subject to hydrolysis) is 1. The van der Waals surface area contributed by atoms with Crippen molar-refractivity contribution in [2.45, 2.75) is 45.3 Å². The second kappa shape index (κ2) is 9.78. The Morgan fingerprint density at radius 2 is 2.23 bits per heavy atom. The first kappa shape index (κ1) is 20.5. The molecule has 1 amide bonds. The number of carbonyl (C=O) groups is 1. The van der Waals surface area contributed by atoms with Crippen LogP contribution in [0.4, 0.5) is 4.79 Å². The lowest BCUT2D eigenvalue weighted by Gasteiger charge is -2.23. The first-order chi connectivity index (χ1) is 12.5. The van der Waals surface area contributed by atoms with Crippen molar-refractivity contribution in [3.63, 3.8) is 0 Å². The topological polar surface area (TPSA) is 95.0 Å². The molecule has 146 valence electrons. The minimum Gasteiger partial charge on any atom is -0.450 e. The lowest BCUT2D eigenvalue weighted by Crippen LogP contribution is -2.48. The molecule has 26 heavy (non-hydrogen) atoms. The van der Waals surface area contributed by atoms with Crippen LogP contribution >= 0.6 is 11.3 Å². The maximum absolute atomic E-state index is 11.7. The highest BCUT2D eigenvalue weighted by Crippen LogP contribution is 2.32. The van der Waals surface area contributed by atoms with Crippen LogP contribution in [-0.2, 0) is 10.3 Å². The molecular weight excluding hydrogens is 352 g/mol.